The maximum Gasteiger partial charge on any atom is 0.303 e. The van der Waals surface area contributed by atoms with Gasteiger partial charge in [0.1, 0.15) is 0 Å². The van der Waals surface area contributed by atoms with Crippen LogP contribution in [0, 0.1) is 6.92 Å². The van der Waals surface area contributed by atoms with Crippen LogP contribution in [-0.2, 0) is 9.53 Å². The normalized spacial score (nSPS) is 18.8. The molecule has 1 aliphatic rings. The molecule has 4 heteroatoms. The molecular weight excluding hydrogens is 330 g/mol. The Hall–Kier alpha value is -2.46. The number of carbonyl (C=O) groups excluding carboxylic acids is 1. The summed E-state index contributed by atoms with van der Waals surface area (Å²) in [6, 6.07) is 20.8. The van der Waals surface area contributed by atoms with Crippen molar-refractivity contribution >= 4 is 17.7 Å². The molecule has 0 saturated heterocycles. The van der Waals surface area contributed by atoms with Crippen molar-refractivity contribution in [2.75, 3.05) is 0 Å². The first-order valence-electron chi connectivity index (χ1n) is 8.30. The summed E-state index contributed by atoms with van der Waals surface area (Å²) in [6.07, 6.45) is 1.70. The van der Waals surface area contributed by atoms with E-state index in [4.69, 9.17) is 4.74 Å². The number of rotatable bonds is 2. The van der Waals surface area contributed by atoms with Crippen molar-refractivity contribution in [2.45, 2.75) is 30.1 Å². The number of benzene rings is 2. The van der Waals surface area contributed by atoms with Crippen LogP contribution in [0.5, 0.6) is 0 Å². The van der Waals surface area contributed by atoms with E-state index in [0.29, 0.717) is 0 Å². The summed E-state index contributed by atoms with van der Waals surface area (Å²) in [7, 11) is 0. The molecule has 2 atom stereocenters. The van der Waals surface area contributed by atoms with Crippen molar-refractivity contribution in [3.63, 3.8) is 0 Å². The van der Waals surface area contributed by atoms with Crippen LogP contribution >= 0.6 is 11.8 Å². The minimum absolute atomic E-state index is 0.00251. The lowest BCUT2D eigenvalue weighted by atomic mass is 10.0. The Kier molecular flexibility index (Phi) is 4.14. The molecular formula is C21H19NO2S. The Balaban J connectivity index is 1.92. The third-order valence-electron chi connectivity index (χ3n) is 4.40. The first-order valence-corrected chi connectivity index (χ1v) is 9.18. The van der Waals surface area contributed by atoms with E-state index >= 15 is 0 Å². The summed E-state index contributed by atoms with van der Waals surface area (Å²) in [6.45, 7) is 3.57. The maximum atomic E-state index is 11.8. The molecule has 3 nitrogen and oxygen atoms in total. The SMILES string of the molecule is CC(=O)OC1c2cccn2-c2cc(C)ccc2SC1c1ccccc1. The van der Waals surface area contributed by atoms with Crippen molar-refractivity contribution in [1.29, 1.82) is 0 Å². The van der Waals surface area contributed by atoms with E-state index in [1.165, 1.54) is 17.4 Å². The van der Waals surface area contributed by atoms with Gasteiger partial charge in [0.2, 0.25) is 0 Å². The smallest absolute Gasteiger partial charge is 0.303 e. The van der Waals surface area contributed by atoms with Gasteiger partial charge in [-0.2, -0.15) is 0 Å². The second kappa shape index (κ2) is 6.45. The highest BCUT2D eigenvalue weighted by Crippen LogP contribution is 2.50. The second-order valence-corrected chi connectivity index (χ2v) is 7.44. The van der Waals surface area contributed by atoms with Crippen molar-refractivity contribution in [3.05, 3.63) is 83.7 Å². The van der Waals surface area contributed by atoms with E-state index in [2.05, 4.69) is 41.8 Å². The minimum Gasteiger partial charge on any atom is -0.455 e. The number of thioether (sulfide) groups is 1. The number of ether oxygens (including phenoxy) is 1. The first-order chi connectivity index (χ1) is 12.1. The average molecular weight is 349 g/mol. The van der Waals surface area contributed by atoms with Gasteiger partial charge in [0.05, 0.1) is 16.6 Å². The van der Waals surface area contributed by atoms with Gasteiger partial charge in [0, 0.05) is 18.0 Å². The molecule has 4 rings (SSSR count). The summed E-state index contributed by atoms with van der Waals surface area (Å²) in [5, 5.41) is 0.00251. The third kappa shape index (κ3) is 2.98. The molecule has 0 spiro atoms. The molecule has 0 N–H and O–H groups in total. The lowest BCUT2D eigenvalue weighted by molar-refractivity contribution is -0.147. The molecule has 2 unspecified atom stereocenters. The number of hydrogen-bond donors (Lipinski definition) is 0. The largest absolute Gasteiger partial charge is 0.455 e. The van der Waals surface area contributed by atoms with Crippen LogP contribution in [-0.4, -0.2) is 10.5 Å². The predicted octanol–water partition coefficient (Wildman–Crippen LogP) is 5.24. The Morgan fingerprint density at radius 2 is 1.88 bits per heavy atom. The Labute approximate surface area is 151 Å². The second-order valence-electron chi connectivity index (χ2n) is 6.25. The zero-order valence-corrected chi connectivity index (χ0v) is 15.0. The van der Waals surface area contributed by atoms with Crippen LogP contribution in [0.2, 0.25) is 0 Å². The molecule has 0 aliphatic carbocycles. The number of carbonyl (C=O) groups is 1. The topological polar surface area (TPSA) is 31.2 Å². The quantitative estimate of drug-likeness (QED) is 0.593. The number of esters is 1. The van der Waals surface area contributed by atoms with E-state index in [9.17, 15) is 4.79 Å². The zero-order valence-electron chi connectivity index (χ0n) is 14.2. The van der Waals surface area contributed by atoms with Crippen LogP contribution < -0.4 is 0 Å². The van der Waals surface area contributed by atoms with Gasteiger partial charge < -0.3 is 9.30 Å². The van der Waals surface area contributed by atoms with E-state index < -0.39 is 0 Å². The van der Waals surface area contributed by atoms with Crippen molar-refractivity contribution in [1.82, 2.24) is 4.57 Å². The van der Waals surface area contributed by atoms with Gasteiger partial charge in [-0.05, 0) is 42.3 Å². The molecule has 3 aromatic rings. The molecule has 0 radical (unpaired) electrons. The van der Waals surface area contributed by atoms with Crippen molar-refractivity contribution in [3.8, 4) is 5.69 Å². The van der Waals surface area contributed by atoms with Gasteiger partial charge >= 0.3 is 5.97 Å². The van der Waals surface area contributed by atoms with Gasteiger partial charge in [-0.3, -0.25) is 4.79 Å². The standard InChI is InChI=1S/C21H19NO2S/c1-14-10-11-19-18(13-14)22-12-6-9-17(22)20(24-15(2)23)21(25-19)16-7-4-3-5-8-16/h3-13,20-21H,1-2H3. The number of hydrogen-bond acceptors (Lipinski definition) is 3. The molecule has 2 aromatic carbocycles. The Morgan fingerprint density at radius 3 is 2.64 bits per heavy atom. The summed E-state index contributed by atoms with van der Waals surface area (Å²) < 4.78 is 7.95. The third-order valence-corrected chi connectivity index (χ3v) is 5.77. The molecule has 25 heavy (non-hydrogen) atoms. The molecule has 0 fully saturated rings. The number of aromatic nitrogens is 1. The van der Waals surface area contributed by atoms with Gasteiger partial charge in [-0.25, -0.2) is 0 Å². The fourth-order valence-corrected chi connectivity index (χ4v) is 4.61. The lowest BCUT2D eigenvalue weighted by Crippen LogP contribution is -2.16. The highest BCUT2D eigenvalue weighted by Gasteiger charge is 2.34. The fourth-order valence-electron chi connectivity index (χ4n) is 3.30. The number of fused-ring (bicyclic) bond motifs is 3. The molecule has 0 saturated carbocycles. The Morgan fingerprint density at radius 1 is 1.08 bits per heavy atom. The maximum absolute atomic E-state index is 11.8. The average Bonchev–Trinajstić information content (AvgIpc) is 3.05. The number of aryl methyl sites for hydroxylation is 1. The van der Waals surface area contributed by atoms with Crippen LogP contribution in [0.15, 0.2) is 71.8 Å². The summed E-state index contributed by atoms with van der Waals surface area (Å²) in [4.78, 5) is 13.0. The lowest BCUT2D eigenvalue weighted by Gasteiger charge is -2.25. The van der Waals surface area contributed by atoms with E-state index in [1.54, 1.807) is 11.8 Å². The van der Waals surface area contributed by atoms with E-state index in [1.807, 2.05) is 36.5 Å². The molecule has 1 aliphatic heterocycles. The molecule has 0 bridgehead atoms. The number of nitrogens with zero attached hydrogens (tertiary/aromatic N) is 1. The van der Waals surface area contributed by atoms with Crippen LogP contribution in [0.1, 0.15) is 35.1 Å². The van der Waals surface area contributed by atoms with Crippen LogP contribution in [0.3, 0.4) is 0 Å². The summed E-state index contributed by atoms with van der Waals surface area (Å²) in [5.41, 5.74) is 4.50. The van der Waals surface area contributed by atoms with Gasteiger partial charge in [-0.1, -0.05) is 36.4 Å². The van der Waals surface area contributed by atoms with E-state index in [-0.39, 0.29) is 17.3 Å². The summed E-state index contributed by atoms with van der Waals surface area (Å²) in [5.74, 6) is -0.263. The molecule has 0 amide bonds. The molecule has 1 aromatic heterocycles. The van der Waals surface area contributed by atoms with Crippen LogP contribution in [0.25, 0.3) is 5.69 Å². The fraction of sp³-hybridized carbons (Fsp3) is 0.190. The molecule has 2 heterocycles. The predicted molar refractivity (Wildman–Crippen MR) is 100 cm³/mol. The monoisotopic (exact) mass is 349 g/mol. The van der Waals surface area contributed by atoms with Gasteiger partial charge in [-0.15, -0.1) is 11.8 Å². The summed E-state index contributed by atoms with van der Waals surface area (Å²) >= 11 is 1.75. The van der Waals surface area contributed by atoms with Crippen molar-refractivity contribution in [2.24, 2.45) is 0 Å². The molecule has 126 valence electrons. The Bertz CT molecular complexity index is 917. The van der Waals surface area contributed by atoms with Crippen molar-refractivity contribution < 1.29 is 9.53 Å². The first kappa shape index (κ1) is 16.0. The zero-order chi connectivity index (χ0) is 17.4. The van der Waals surface area contributed by atoms with Gasteiger partial charge in [0.25, 0.3) is 0 Å². The van der Waals surface area contributed by atoms with Gasteiger partial charge in [0.15, 0.2) is 6.10 Å². The highest BCUT2D eigenvalue weighted by atomic mass is 32.2. The minimum atomic E-state index is -0.340. The van der Waals surface area contributed by atoms with Crippen LogP contribution in [0.4, 0.5) is 0 Å². The highest BCUT2D eigenvalue weighted by molar-refractivity contribution is 7.99. The van der Waals surface area contributed by atoms with E-state index in [0.717, 1.165) is 16.9 Å².